The van der Waals surface area contributed by atoms with E-state index < -0.39 is 4.92 Å². The van der Waals surface area contributed by atoms with E-state index in [9.17, 15) is 14.9 Å². The molecule has 7 nitrogen and oxygen atoms in total. The number of benzene rings is 2. The number of non-ortho nitro benzene ring substituents is 1. The van der Waals surface area contributed by atoms with Gasteiger partial charge in [0.15, 0.2) is 0 Å². The number of nitrogens with zero attached hydrogens (tertiary/aromatic N) is 1. The van der Waals surface area contributed by atoms with E-state index in [0.717, 1.165) is 17.5 Å². The van der Waals surface area contributed by atoms with Crippen LogP contribution in [0.1, 0.15) is 31.9 Å². The van der Waals surface area contributed by atoms with Crippen molar-refractivity contribution in [2.24, 2.45) is 0 Å². The topological polar surface area (TPSA) is 90.7 Å². The summed E-state index contributed by atoms with van der Waals surface area (Å²) in [6.07, 6.45) is 1.54. The fourth-order valence-corrected chi connectivity index (χ4v) is 3.85. The van der Waals surface area contributed by atoms with Crippen LogP contribution in [0, 0.1) is 10.1 Å². The number of hydrogen-bond acceptors (Lipinski definition) is 7. The highest BCUT2D eigenvalue weighted by Gasteiger charge is 2.23. The first-order valence-electron chi connectivity index (χ1n) is 9.53. The smallest absolute Gasteiger partial charge is 0.270 e. The molecule has 1 heterocycles. The van der Waals surface area contributed by atoms with Gasteiger partial charge in [0.05, 0.1) is 9.83 Å². The van der Waals surface area contributed by atoms with Gasteiger partial charge >= 0.3 is 0 Å². The van der Waals surface area contributed by atoms with Gasteiger partial charge in [0.1, 0.15) is 29.0 Å². The van der Waals surface area contributed by atoms with Gasteiger partial charge in [-0.2, -0.15) is 0 Å². The number of carbonyl (C=O) groups is 1. The van der Waals surface area contributed by atoms with Crippen molar-refractivity contribution in [3.63, 3.8) is 0 Å². The Morgan fingerprint density at radius 2 is 1.81 bits per heavy atom. The molecule has 0 spiro atoms. The molecule has 0 atom stereocenters. The first-order valence-corrected chi connectivity index (χ1v) is 10.8. The van der Waals surface area contributed by atoms with E-state index in [1.54, 1.807) is 0 Å². The summed E-state index contributed by atoms with van der Waals surface area (Å²) in [5, 5.41) is 13.7. The molecule has 2 aromatic rings. The van der Waals surface area contributed by atoms with Gasteiger partial charge in [0.25, 0.3) is 11.6 Å². The van der Waals surface area contributed by atoms with Crippen LogP contribution in [0.2, 0.25) is 0 Å². The molecule has 162 valence electrons. The number of hydrogen-bond donors (Lipinski definition) is 1. The molecule has 0 aromatic heterocycles. The van der Waals surface area contributed by atoms with Crippen LogP contribution in [0.3, 0.4) is 0 Å². The van der Waals surface area contributed by atoms with Gasteiger partial charge in [-0.25, -0.2) is 0 Å². The molecule has 0 radical (unpaired) electrons. The maximum absolute atomic E-state index is 11.9. The zero-order valence-corrected chi connectivity index (χ0v) is 19.0. The summed E-state index contributed by atoms with van der Waals surface area (Å²) in [4.78, 5) is 22.9. The molecule has 1 N–H and O–H groups in total. The SMILES string of the molecule is CC(C)(C)c1ccc(OCCOc2ccc([N+](=O)[O-])cc2/C=C2\SC(=S)NC2=O)cc1. The van der Waals surface area contributed by atoms with Gasteiger partial charge in [0.2, 0.25) is 0 Å². The van der Waals surface area contributed by atoms with Gasteiger partial charge in [-0.15, -0.1) is 0 Å². The Bertz CT molecular complexity index is 1040. The molecule has 1 fully saturated rings. The minimum absolute atomic E-state index is 0.0702. The number of nitro groups is 1. The Hall–Kier alpha value is -2.91. The van der Waals surface area contributed by atoms with E-state index in [2.05, 4.69) is 26.1 Å². The number of nitrogens with one attached hydrogen (secondary N) is 1. The Morgan fingerprint density at radius 1 is 1.13 bits per heavy atom. The molecular weight excluding hydrogens is 436 g/mol. The molecule has 0 aliphatic carbocycles. The normalized spacial score (nSPS) is 15.1. The van der Waals surface area contributed by atoms with Crippen molar-refractivity contribution in [1.29, 1.82) is 0 Å². The van der Waals surface area contributed by atoms with E-state index in [0.29, 0.717) is 27.1 Å². The summed E-state index contributed by atoms with van der Waals surface area (Å²) < 4.78 is 11.8. The maximum atomic E-state index is 11.9. The molecule has 1 aliphatic rings. The van der Waals surface area contributed by atoms with Crippen molar-refractivity contribution in [1.82, 2.24) is 5.32 Å². The number of nitro benzene ring substituents is 1. The quantitative estimate of drug-likeness (QED) is 0.209. The summed E-state index contributed by atoms with van der Waals surface area (Å²) in [7, 11) is 0. The third-order valence-electron chi connectivity index (χ3n) is 4.46. The molecule has 0 bridgehead atoms. The van der Waals surface area contributed by atoms with Gasteiger partial charge in [-0.05, 0) is 35.3 Å². The average Bonchev–Trinajstić information content (AvgIpc) is 3.02. The molecule has 1 aliphatic heterocycles. The number of rotatable bonds is 7. The Kier molecular flexibility index (Phi) is 6.97. The van der Waals surface area contributed by atoms with E-state index in [1.165, 1.54) is 29.8 Å². The Morgan fingerprint density at radius 3 is 2.39 bits per heavy atom. The lowest BCUT2D eigenvalue weighted by Gasteiger charge is -2.19. The van der Waals surface area contributed by atoms with Crippen LogP contribution in [0.15, 0.2) is 47.4 Å². The zero-order valence-electron chi connectivity index (χ0n) is 17.3. The first-order chi connectivity index (χ1) is 14.6. The van der Waals surface area contributed by atoms with Crippen LogP contribution in [0.4, 0.5) is 5.69 Å². The molecular formula is C22H22N2O5S2. The van der Waals surface area contributed by atoms with Crippen LogP contribution in [0.25, 0.3) is 6.08 Å². The summed E-state index contributed by atoms with van der Waals surface area (Å²) >= 11 is 6.09. The van der Waals surface area contributed by atoms with Crippen molar-refractivity contribution in [2.45, 2.75) is 26.2 Å². The van der Waals surface area contributed by atoms with Crippen LogP contribution >= 0.6 is 24.0 Å². The molecule has 3 rings (SSSR count). The molecule has 0 unspecified atom stereocenters. The zero-order chi connectivity index (χ0) is 22.6. The number of thiocarbonyl (C=S) groups is 1. The maximum Gasteiger partial charge on any atom is 0.270 e. The molecule has 2 aromatic carbocycles. The van der Waals surface area contributed by atoms with Crippen molar-refractivity contribution in [3.05, 3.63) is 68.6 Å². The predicted octanol–water partition coefficient (Wildman–Crippen LogP) is 4.84. The van der Waals surface area contributed by atoms with Crippen molar-refractivity contribution >= 4 is 46.0 Å². The van der Waals surface area contributed by atoms with Crippen molar-refractivity contribution in [2.75, 3.05) is 13.2 Å². The second-order valence-corrected chi connectivity index (χ2v) is 9.52. The second-order valence-electron chi connectivity index (χ2n) is 7.80. The fourth-order valence-electron chi connectivity index (χ4n) is 2.82. The number of thioether (sulfide) groups is 1. The molecule has 9 heteroatoms. The summed E-state index contributed by atoms with van der Waals surface area (Å²) in [5.74, 6) is 0.806. The van der Waals surface area contributed by atoms with E-state index >= 15 is 0 Å². The van der Waals surface area contributed by atoms with E-state index in [4.69, 9.17) is 21.7 Å². The Balaban J connectivity index is 1.67. The van der Waals surface area contributed by atoms with Crippen LogP contribution in [-0.4, -0.2) is 28.4 Å². The predicted molar refractivity (Wildman–Crippen MR) is 126 cm³/mol. The number of amides is 1. The number of ether oxygens (including phenoxy) is 2. The molecule has 31 heavy (non-hydrogen) atoms. The lowest BCUT2D eigenvalue weighted by molar-refractivity contribution is -0.384. The summed E-state index contributed by atoms with van der Waals surface area (Å²) in [6.45, 7) is 6.97. The van der Waals surface area contributed by atoms with Gasteiger partial charge in [-0.1, -0.05) is 56.9 Å². The highest BCUT2D eigenvalue weighted by Crippen LogP contribution is 2.31. The van der Waals surface area contributed by atoms with Gasteiger partial charge in [0, 0.05) is 17.7 Å². The van der Waals surface area contributed by atoms with Gasteiger partial charge in [-0.3, -0.25) is 14.9 Å². The lowest BCUT2D eigenvalue weighted by atomic mass is 9.87. The minimum atomic E-state index is -0.497. The third-order valence-corrected chi connectivity index (χ3v) is 5.63. The molecule has 1 saturated heterocycles. The van der Waals surface area contributed by atoms with Crippen molar-refractivity contribution in [3.8, 4) is 11.5 Å². The van der Waals surface area contributed by atoms with Gasteiger partial charge < -0.3 is 14.8 Å². The van der Waals surface area contributed by atoms with E-state index in [-0.39, 0.29) is 23.6 Å². The number of carbonyl (C=O) groups excluding carboxylic acids is 1. The van der Waals surface area contributed by atoms with Crippen LogP contribution in [-0.2, 0) is 10.2 Å². The molecule has 1 amide bonds. The largest absolute Gasteiger partial charge is 0.490 e. The lowest BCUT2D eigenvalue weighted by Crippen LogP contribution is -2.17. The minimum Gasteiger partial charge on any atom is -0.490 e. The fraction of sp³-hybridized carbons (Fsp3) is 0.273. The molecule has 0 saturated carbocycles. The first kappa shape index (κ1) is 22.8. The van der Waals surface area contributed by atoms with Crippen LogP contribution in [0.5, 0.6) is 11.5 Å². The van der Waals surface area contributed by atoms with E-state index in [1.807, 2.05) is 24.3 Å². The monoisotopic (exact) mass is 458 g/mol. The van der Waals surface area contributed by atoms with Crippen molar-refractivity contribution < 1.29 is 19.2 Å². The Labute approximate surface area is 190 Å². The third kappa shape index (κ3) is 6.05. The summed E-state index contributed by atoms with van der Waals surface area (Å²) in [6, 6.07) is 12.1. The second kappa shape index (κ2) is 9.49. The highest BCUT2D eigenvalue weighted by atomic mass is 32.2. The standard InChI is InChI=1S/C22H22N2O5S2/c1-22(2,3)15-4-7-17(8-5-15)28-10-11-29-18-9-6-16(24(26)27)12-14(18)13-19-20(25)23-21(30)31-19/h4-9,12-13H,10-11H2,1-3H3,(H,23,25,30)/b19-13-. The highest BCUT2D eigenvalue weighted by molar-refractivity contribution is 8.26. The summed E-state index contributed by atoms with van der Waals surface area (Å²) in [5.41, 5.74) is 1.61. The average molecular weight is 459 g/mol. The van der Waals surface area contributed by atoms with Crippen LogP contribution < -0.4 is 14.8 Å².